The number of nitrogens with one attached hydrogen (secondary N) is 1. The topological polar surface area (TPSA) is 58.3 Å². The molecule has 0 saturated heterocycles. The second kappa shape index (κ2) is 4.04. The van der Waals surface area contributed by atoms with Gasteiger partial charge in [0.2, 0.25) is 0 Å². The van der Waals surface area contributed by atoms with Gasteiger partial charge >= 0.3 is 0 Å². The van der Waals surface area contributed by atoms with Crippen LogP contribution in [0.15, 0.2) is 0 Å². The molecular formula is C8H18N2O. The maximum absolute atomic E-state index is 9.62. The molecule has 0 spiro atoms. The molecule has 66 valence electrons. The van der Waals surface area contributed by atoms with Crippen LogP contribution in [-0.2, 0) is 0 Å². The van der Waals surface area contributed by atoms with Crippen molar-refractivity contribution in [2.45, 2.75) is 31.3 Å². The molecule has 1 rings (SSSR count). The molecule has 3 nitrogen and oxygen atoms in total. The highest BCUT2D eigenvalue weighted by Gasteiger charge is 2.33. The average Bonchev–Trinajstić information content (AvgIpc) is 1.95. The second-order valence-electron chi connectivity index (χ2n) is 3.40. The van der Waals surface area contributed by atoms with Gasteiger partial charge in [0.1, 0.15) is 0 Å². The first-order valence-electron chi connectivity index (χ1n) is 4.40. The van der Waals surface area contributed by atoms with Gasteiger partial charge in [0.15, 0.2) is 0 Å². The molecule has 0 unspecified atom stereocenters. The van der Waals surface area contributed by atoms with E-state index in [9.17, 15) is 5.11 Å². The summed E-state index contributed by atoms with van der Waals surface area (Å²) >= 11 is 0. The first-order chi connectivity index (χ1) is 5.27. The van der Waals surface area contributed by atoms with Crippen LogP contribution < -0.4 is 11.1 Å². The van der Waals surface area contributed by atoms with Crippen molar-refractivity contribution in [3.05, 3.63) is 0 Å². The van der Waals surface area contributed by atoms with Crippen molar-refractivity contribution in [3.63, 3.8) is 0 Å². The van der Waals surface area contributed by atoms with Crippen LogP contribution in [0, 0.1) is 0 Å². The van der Waals surface area contributed by atoms with Crippen molar-refractivity contribution in [2.24, 2.45) is 5.73 Å². The smallest absolute Gasteiger partial charge is 0.0771 e. The Bertz CT molecular complexity index is 113. The minimum Gasteiger partial charge on any atom is -0.389 e. The first kappa shape index (κ1) is 8.97. The molecule has 0 atom stereocenters. The van der Waals surface area contributed by atoms with E-state index in [2.05, 4.69) is 5.32 Å². The van der Waals surface area contributed by atoms with E-state index < -0.39 is 0 Å². The predicted octanol–water partition coefficient (Wildman–Crippen LogP) is -0.160. The second-order valence-corrected chi connectivity index (χ2v) is 3.40. The van der Waals surface area contributed by atoms with Crippen LogP contribution in [0.25, 0.3) is 0 Å². The Morgan fingerprint density at radius 3 is 2.64 bits per heavy atom. The monoisotopic (exact) mass is 158 g/mol. The van der Waals surface area contributed by atoms with Crippen molar-refractivity contribution in [2.75, 3.05) is 19.6 Å². The minimum absolute atomic E-state index is 0.380. The maximum Gasteiger partial charge on any atom is 0.0771 e. The van der Waals surface area contributed by atoms with Gasteiger partial charge < -0.3 is 16.2 Å². The van der Waals surface area contributed by atoms with Crippen LogP contribution >= 0.6 is 0 Å². The lowest BCUT2D eigenvalue weighted by Crippen LogP contribution is -2.46. The molecule has 0 aliphatic heterocycles. The molecule has 0 amide bonds. The Labute approximate surface area is 68.0 Å². The summed E-state index contributed by atoms with van der Waals surface area (Å²) in [5, 5.41) is 12.8. The summed E-state index contributed by atoms with van der Waals surface area (Å²) in [5.41, 5.74) is 4.94. The largest absolute Gasteiger partial charge is 0.389 e. The summed E-state index contributed by atoms with van der Waals surface area (Å²) < 4.78 is 0. The predicted molar refractivity (Wildman–Crippen MR) is 45.3 cm³/mol. The minimum atomic E-state index is -0.380. The van der Waals surface area contributed by atoms with Crippen molar-refractivity contribution >= 4 is 0 Å². The lowest BCUT2D eigenvalue weighted by Gasteiger charge is -2.36. The molecule has 0 aromatic rings. The van der Waals surface area contributed by atoms with Crippen LogP contribution in [0.2, 0.25) is 0 Å². The number of hydrogen-bond donors (Lipinski definition) is 3. The highest BCUT2D eigenvalue weighted by atomic mass is 16.3. The molecule has 0 radical (unpaired) electrons. The van der Waals surface area contributed by atoms with Crippen molar-refractivity contribution < 1.29 is 5.11 Å². The average molecular weight is 158 g/mol. The van der Waals surface area contributed by atoms with Gasteiger partial charge in [-0.2, -0.15) is 0 Å². The zero-order valence-electron chi connectivity index (χ0n) is 6.97. The molecular weight excluding hydrogens is 140 g/mol. The third-order valence-corrected chi connectivity index (χ3v) is 2.30. The number of nitrogens with two attached hydrogens (primary N) is 1. The third kappa shape index (κ3) is 2.77. The maximum atomic E-state index is 9.62. The van der Waals surface area contributed by atoms with Gasteiger partial charge in [-0.05, 0) is 38.8 Å². The molecule has 0 aromatic heterocycles. The van der Waals surface area contributed by atoms with Crippen LogP contribution in [0.3, 0.4) is 0 Å². The quantitative estimate of drug-likeness (QED) is 0.487. The molecule has 0 heterocycles. The molecule has 1 aliphatic carbocycles. The molecule has 1 aliphatic rings. The molecule has 3 heteroatoms. The summed E-state index contributed by atoms with van der Waals surface area (Å²) in [5.74, 6) is 0. The highest BCUT2D eigenvalue weighted by Crippen LogP contribution is 2.30. The summed E-state index contributed by atoms with van der Waals surface area (Å²) in [6.07, 6.45) is 4.09. The normalized spacial score (nSPS) is 21.3. The number of rotatable bonds is 5. The van der Waals surface area contributed by atoms with Crippen LogP contribution in [0.1, 0.15) is 25.7 Å². The van der Waals surface area contributed by atoms with Crippen LogP contribution in [0.4, 0.5) is 0 Å². The highest BCUT2D eigenvalue weighted by molar-refractivity contribution is 4.89. The molecule has 1 fully saturated rings. The van der Waals surface area contributed by atoms with E-state index in [0.717, 1.165) is 38.9 Å². The number of hydrogen-bond acceptors (Lipinski definition) is 3. The summed E-state index contributed by atoms with van der Waals surface area (Å²) in [7, 11) is 0. The van der Waals surface area contributed by atoms with E-state index in [1.807, 2.05) is 0 Å². The lowest BCUT2D eigenvalue weighted by molar-refractivity contribution is -0.0310. The fourth-order valence-electron chi connectivity index (χ4n) is 1.31. The van der Waals surface area contributed by atoms with Crippen LogP contribution in [-0.4, -0.2) is 30.3 Å². The third-order valence-electron chi connectivity index (χ3n) is 2.30. The van der Waals surface area contributed by atoms with E-state index in [1.54, 1.807) is 0 Å². The van der Waals surface area contributed by atoms with Crippen molar-refractivity contribution in [1.82, 2.24) is 5.32 Å². The molecule has 0 aromatic carbocycles. The lowest BCUT2D eigenvalue weighted by atomic mass is 9.80. The van der Waals surface area contributed by atoms with Gasteiger partial charge in [0.05, 0.1) is 5.60 Å². The van der Waals surface area contributed by atoms with Crippen molar-refractivity contribution in [3.8, 4) is 0 Å². The Morgan fingerprint density at radius 1 is 1.45 bits per heavy atom. The fraction of sp³-hybridized carbons (Fsp3) is 1.00. The summed E-state index contributed by atoms with van der Waals surface area (Å²) in [6, 6.07) is 0. The van der Waals surface area contributed by atoms with E-state index in [4.69, 9.17) is 5.73 Å². The van der Waals surface area contributed by atoms with E-state index in [-0.39, 0.29) is 5.60 Å². The number of aliphatic hydroxyl groups is 1. The van der Waals surface area contributed by atoms with Gasteiger partial charge in [-0.15, -0.1) is 0 Å². The summed E-state index contributed by atoms with van der Waals surface area (Å²) in [4.78, 5) is 0. The fourth-order valence-corrected chi connectivity index (χ4v) is 1.31. The van der Waals surface area contributed by atoms with E-state index in [1.165, 1.54) is 6.42 Å². The van der Waals surface area contributed by atoms with E-state index in [0.29, 0.717) is 0 Å². The Morgan fingerprint density at radius 2 is 2.18 bits per heavy atom. The summed E-state index contributed by atoms with van der Waals surface area (Å²) in [6.45, 7) is 2.40. The SMILES string of the molecule is NCCCNCC1(O)CCC1. The Hall–Kier alpha value is -0.120. The van der Waals surface area contributed by atoms with Gasteiger partial charge in [-0.1, -0.05) is 0 Å². The van der Waals surface area contributed by atoms with Gasteiger partial charge in [-0.25, -0.2) is 0 Å². The Balaban J connectivity index is 1.94. The molecule has 0 bridgehead atoms. The standard InChI is InChI=1S/C8H18N2O/c9-5-2-6-10-7-8(11)3-1-4-8/h10-11H,1-7,9H2. The Kier molecular flexibility index (Phi) is 3.30. The molecule has 1 saturated carbocycles. The first-order valence-corrected chi connectivity index (χ1v) is 4.40. The van der Waals surface area contributed by atoms with Gasteiger partial charge in [-0.3, -0.25) is 0 Å². The molecule has 4 N–H and O–H groups in total. The molecule has 11 heavy (non-hydrogen) atoms. The zero-order valence-corrected chi connectivity index (χ0v) is 6.97. The van der Waals surface area contributed by atoms with Gasteiger partial charge in [0.25, 0.3) is 0 Å². The van der Waals surface area contributed by atoms with Crippen molar-refractivity contribution in [1.29, 1.82) is 0 Å². The van der Waals surface area contributed by atoms with E-state index >= 15 is 0 Å². The zero-order chi connectivity index (χ0) is 8.16. The van der Waals surface area contributed by atoms with Crippen LogP contribution in [0.5, 0.6) is 0 Å². The van der Waals surface area contributed by atoms with Gasteiger partial charge in [0, 0.05) is 6.54 Å².